The molecule has 0 saturated carbocycles. The summed E-state index contributed by atoms with van der Waals surface area (Å²) in [5.41, 5.74) is -1.49. The van der Waals surface area contributed by atoms with Crippen LogP contribution in [0.15, 0.2) is 60.7 Å². The molecule has 3 rings (SSSR count). The van der Waals surface area contributed by atoms with E-state index in [0.717, 1.165) is 17.5 Å². The van der Waals surface area contributed by atoms with Crippen LogP contribution in [0.3, 0.4) is 0 Å². The van der Waals surface area contributed by atoms with E-state index in [2.05, 4.69) is 31.9 Å². The molecule has 7 N–H and O–H groups in total. The van der Waals surface area contributed by atoms with Gasteiger partial charge in [-0.2, -0.15) is 0 Å². The molecule has 0 spiro atoms. The molecule has 1 fully saturated rings. The van der Waals surface area contributed by atoms with E-state index >= 15 is 0 Å². The molecule has 2 aromatic rings. The zero-order chi connectivity index (χ0) is 49.1. The smallest absolute Gasteiger partial charge is 0.408 e. The summed E-state index contributed by atoms with van der Waals surface area (Å²) in [6, 6.07) is 14.9. The van der Waals surface area contributed by atoms with Crippen LogP contribution in [0.25, 0.3) is 0 Å². The molecule has 366 valence electrons. The molecule has 2 aromatic carbocycles. The number of carboxylic acid groups (broad SMARTS) is 1. The normalized spacial score (nSPS) is 15.6. The van der Waals surface area contributed by atoms with Gasteiger partial charge in [-0.1, -0.05) is 81.4 Å². The number of ether oxygens (including phenoxy) is 2. The number of carbonyl (C=O) groups is 7. The summed E-state index contributed by atoms with van der Waals surface area (Å²) in [7, 11) is 0. The van der Waals surface area contributed by atoms with Crippen molar-refractivity contribution in [1.29, 1.82) is 0 Å². The largest absolute Gasteiger partial charge is 0.480 e. The van der Waals surface area contributed by atoms with Crippen molar-refractivity contribution in [2.24, 2.45) is 5.92 Å². The minimum absolute atomic E-state index is 0.0428. The van der Waals surface area contributed by atoms with Gasteiger partial charge in [0.15, 0.2) is 0 Å². The molecule has 66 heavy (non-hydrogen) atoms. The summed E-state index contributed by atoms with van der Waals surface area (Å²) in [6.45, 7) is 16.8. The lowest BCUT2D eigenvalue weighted by Crippen LogP contribution is -2.63. The molecule has 0 aliphatic carbocycles. The Morgan fingerprint density at radius 1 is 0.667 bits per heavy atom. The molecule has 0 aromatic heterocycles. The topological polar surface area (TPSA) is 234 Å². The highest BCUT2D eigenvalue weighted by molar-refractivity contribution is 5.95. The lowest BCUT2D eigenvalue weighted by molar-refractivity contribution is -0.150. The van der Waals surface area contributed by atoms with E-state index in [0.29, 0.717) is 25.8 Å². The predicted octanol–water partition coefficient (Wildman–Crippen LogP) is 5.01. The molecule has 17 heteroatoms. The molecule has 0 unspecified atom stereocenters. The number of unbranched alkanes of at least 4 members (excludes halogenated alkanes) is 1. The van der Waals surface area contributed by atoms with Crippen LogP contribution in [0.1, 0.15) is 118 Å². The summed E-state index contributed by atoms with van der Waals surface area (Å²) in [5, 5.41) is 27.5. The number of carboxylic acids is 1. The third kappa shape index (κ3) is 19.4. The van der Waals surface area contributed by atoms with Crippen molar-refractivity contribution in [1.82, 2.24) is 36.8 Å². The fraction of sp³-hybridized carbons (Fsp3) is 0.612. The first-order valence-electron chi connectivity index (χ1n) is 23.2. The summed E-state index contributed by atoms with van der Waals surface area (Å²) >= 11 is 0. The highest BCUT2D eigenvalue weighted by Crippen LogP contribution is 2.25. The number of amides is 6. The first kappa shape index (κ1) is 54.6. The molecular weight excluding hydrogens is 847 g/mol. The van der Waals surface area contributed by atoms with Gasteiger partial charge in [0, 0.05) is 26.1 Å². The Hall–Kier alpha value is -5.71. The number of nitrogens with one attached hydrogen (secondary N) is 6. The molecular formula is C49H75N7O10. The zero-order valence-electron chi connectivity index (χ0n) is 40.4. The van der Waals surface area contributed by atoms with Crippen molar-refractivity contribution >= 4 is 41.8 Å². The van der Waals surface area contributed by atoms with Crippen molar-refractivity contribution in [2.45, 2.75) is 161 Å². The number of rotatable bonds is 23. The third-order valence-corrected chi connectivity index (χ3v) is 10.8. The summed E-state index contributed by atoms with van der Waals surface area (Å²) in [6.07, 6.45) is 0.810. The molecule has 0 bridgehead atoms. The Kier molecular flexibility index (Phi) is 21.4. The number of piperidine rings is 1. The average molecular weight is 922 g/mol. The van der Waals surface area contributed by atoms with E-state index in [-0.39, 0.29) is 63.6 Å². The third-order valence-electron chi connectivity index (χ3n) is 10.8. The van der Waals surface area contributed by atoms with Crippen LogP contribution in [0.2, 0.25) is 0 Å². The van der Waals surface area contributed by atoms with Gasteiger partial charge in [0.05, 0.1) is 6.04 Å². The Morgan fingerprint density at radius 2 is 1.15 bits per heavy atom. The van der Waals surface area contributed by atoms with Crippen molar-refractivity contribution in [3.8, 4) is 0 Å². The Morgan fingerprint density at radius 3 is 1.67 bits per heavy atom. The molecule has 1 saturated heterocycles. The number of likely N-dealkylation sites (tertiary alicyclic amines) is 1. The Labute approximate surface area is 390 Å². The van der Waals surface area contributed by atoms with E-state index in [4.69, 9.17) is 9.47 Å². The maximum absolute atomic E-state index is 14.4. The first-order valence-corrected chi connectivity index (χ1v) is 23.2. The molecule has 6 amide bonds. The first-order chi connectivity index (χ1) is 31.0. The van der Waals surface area contributed by atoms with Crippen LogP contribution in [0, 0.1) is 5.92 Å². The maximum Gasteiger partial charge on any atom is 0.408 e. The number of nitrogens with zero attached hydrogens (tertiary/aromatic N) is 1. The molecule has 17 nitrogen and oxygen atoms in total. The minimum Gasteiger partial charge on any atom is -0.480 e. The number of aliphatic carboxylic acids is 1. The van der Waals surface area contributed by atoms with Crippen molar-refractivity contribution < 1.29 is 48.1 Å². The second kappa shape index (κ2) is 25.8. The van der Waals surface area contributed by atoms with Gasteiger partial charge in [-0.05, 0) is 116 Å². The minimum atomic E-state index is -1.68. The summed E-state index contributed by atoms with van der Waals surface area (Å²) < 4.78 is 10.7. The lowest BCUT2D eigenvalue weighted by Gasteiger charge is -2.40. The van der Waals surface area contributed by atoms with Crippen LogP contribution in [-0.2, 0) is 46.3 Å². The average Bonchev–Trinajstić information content (AvgIpc) is 3.23. The summed E-state index contributed by atoms with van der Waals surface area (Å²) in [5.74, 6) is -3.35. The van der Waals surface area contributed by atoms with E-state index < -0.39 is 76.8 Å². The quantitative estimate of drug-likeness (QED) is 0.0733. The van der Waals surface area contributed by atoms with Crippen LogP contribution in [0.5, 0.6) is 0 Å². The van der Waals surface area contributed by atoms with E-state index in [1.54, 1.807) is 41.5 Å². The van der Waals surface area contributed by atoms with Crippen LogP contribution >= 0.6 is 0 Å². The fourth-order valence-corrected chi connectivity index (χ4v) is 7.46. The molecule has 1 aliphatic rings. The van der Waals surface area contributed by atoms with E-state index in [9.17, 15) is 38.7 Å². The van der Waals surface area contributed by atoms with E-state index in [1.807, 2.05) is 81.4 Å². The highest BCUT2D eigenvalue weighted by Gasteiger charge is 2.45. The van der Waals surface area contributed by atoms with Crippen molar-refractivity contribution in [3.05, 3.63) is 71.8 Å². The van der Waals surface area contributed by atoms with Crippen LogP contribution in [0.4, 0.5) is 9.59 Å². The number of carbonyl (C=O) groups excluding carboxylic acids is 6. The predicted molar refractivity (Wildman–Crippen MR) is 251 cm³/mol. The van der Waals surface area contributed by atoms with Crippen molar-refractivity contribution in [3.63, 3.8) is 0 Å². The molecule has 1 aliphatic heterocycles. The fourth-order valence-electron chi connectivity index (χ4n) is 7.46. The maximum atomic E-state index is 14.4. The standard InChI is InChI=1S/C49H75N7O10/c1-10-26-50-37(31-34-19-13-11-14-20-34)40(57)54-39(32-35-21-15-12-16-22-35)42(59)53-38(30-33(2)3)41(58)52-36(23-17-18-27-51-45(63)65-47(4,5)6)43(60)56-28-24-49(25-29-56,44(61)62)55-46(64)66-48(7,8)9/h11-16,19-22,33,36-39,50H,10,17-18,23-32H2,1-9H3,(H,51,63)(H,52,58)(H,53,59)(H,54,57)(H,55,64)(H,61,62)/t36-,37-,38-,39-/m1/s1. The highest BCUT2D eigenvalue weighted by atomic mass is 16.6. The van der Waals surface area contributed by atoms with Crippen LogP contribution < -0.4 is 31.9 Å². The zero-order valence-corrected chi connectivity index (χ0v) is 40.4. The molecule has 1 heterocycles. The second-order valence-corrected chi connectivity index (χ2v) is 19.5. The van der Waals surface area contributed by atoms with Gasteiger partial charge in [-0.15, -0.1) is 0 Å². The second-order valence-electron chi connectivity index (χ2n) is 19.5. The van der Waals surface area contributed by atoms with Crippen LogP contribution in [-0.4, -0.2) is 119 Å². The number of hydrogen-bond acceptors (Lipinski definition) is 10. The molecule has 4 atom stereocenters. The Bertz CT molecular complexity index is 1890. The van der Waals surface area contributed by atoms with Gasteiger partial charge in [-0.25, -0.2) is 14.4 Å². The SMILES string of the molecule is CCCN[C@H](Cc1ccccc1)C(=O)N[C@H](Cc1ccccc1)C(=O)N[C@H](CC(C)C)C(=O)N[C@H](CCCCNC(=O)OC(C)(C)C)C(=O)N1CCC(NC(=O)OC(C)(C)C)(C(=O)O)CC1. The number of benzene rings is 2. The van der Waals surface area contributed by atoms with Gasteiger partial charge in [0.25, 0.3) is 0 Å². The van der Waals surface area contributed by atoms with Gasteiger partial charge in [-0.3, -0.25) is 19.2 Å². The number of hydrogen-bond donors (Lipinski definition) is 7. The monoisotopic (exact) mass is 922 g/mol. The Balaban J connectivity index is 1.86. The van der Waals surface area contributed by atoms with Gasteiger partial charge >= 0.3 is 18.2 Å². The van der Waals surface area contributed by atoms with Crippen molar-refractivity contribution in [2.75, 3.05) is 26.2 Å². The van der Waals surface area contributed by atoms with Gasteiger partial charge < -0.3 is 51.4 Å². The van der Waals surface area contributed by atoms with E-state index in [1.165, 1.54) is 4.90 Å². The lowest BCUT2D eigenvalue weighted by atomic mass is 9.87. The summed E-state index contributed by atoms with van der Waals surface area (Å²) in [4.78, 5) is 96.0. The number of alkyl carbamates (subject to hydrolysis) is 2. The molecule has 0 radical (unpaired) electrons. The van der Waals surface area contributed by atoms with Gasteiger partial charge in [0.2, 0.25) is 23.6 Å². The van der Waals surface area contributed by atoms with Gasteiger partial charge in [0.1, 0.15) is 34.9 Å².